The quantitative estimate of drug-likeness (QED) is 0.477. The zero-order chi connectivity index (χ0) is 21.0. The fourth-order valence-electron chi connectivity index (χ4n) is 3.11. The third-order valence-electron chi connectivity index (χ3n) is 4.66. The number of amides is 1. The second kappa shape index (κ2) is 9.48. The van der Waals surface area contributed by atoms with Gasteiger partial charge in [0.05, 0.1) is 6.61 Å². The summed E-state index contributed by atoms with van der Waals surface area (Å²) in [6.45, 7) is 9.54. The van der Waals surface area contributed by atoms with E-state index in [-0.39, 0.29) is 22.0 Å². The number of pyridine rings is 1. The molecule has 1 aromatic carbocycles. The molecule has 0 spiro atoms. The van der Waals surface area contributed by atoms with Crippen LogP contribution in [0.5, 0.6) is 5.75 Å². The maximum Gasteiger partial charge on any atom is 0.265 e. The lowest BCUT2D eigenvalue weighted by Gasteiger charge is -2.19. The summed E-state index contributed by atoms with van der Waals surface area (Å²) in [5.74, 6) is -0.185. The highest BCUT2D eigenvalue weighted by Gasteiger charge is 2.29. The summed E-state index contributed by atoms with van der Waals surface area (Å²) in [4.78, 5) is 13.2. The Kier molecular flexibility index (Phi) is 7.55. The standard InChI is InChI=1S/C21H26Cl2N2O3/c1-6-9-28-20-17(12(4)25(27)13(5)18(20)23)21(26)24-19-14(7-2)10-16(22)11-15(19)8-3/h10-11H,6-9H2,1-5H3,(H,24,26). The fraction of sp³-hybridized carbons (Fsp3) is 0.429. The van der Waals surface area contributed by atoms with E-state index in [0.717, 1.165) is 23.2 Å². The molecule has 0 aliphatic carbocycles. The van der Waals surface area contributed by atoms with Crippen LogP contribution in [-0.2, 0) is 12.8 Å². The number of nitrogens with zero attached hydrogens (tertiary/aromatic N) is 1. The molecule has 2 rings (SSSR count). The third kappa shape index (κ3) is 4.36. The first kappa shape index (κ1) is 22.3. The molecule has 0 fully saturated rings. The maximum absolute atomic E-state index is 13.2. The molecular formula is C21H26Cl2N2O3. The molecule has 0 saturated heterocycles. The highest BCUT2D eigenvalue weighted by Crippen LogP contribution is 2.34. The molecule has 0 radical (unpaired) electrons. The van der Waals surface area contributed by atoms with Crippen LogP contribution in [0.4, 0.5) is 5.69 Å². The van der Waals surface area contributed by atoms with E-state index in [1.165, 1.54) is 0 Å². The van der Waals surface area contributed by atoms with Crippen LogP contribution in [0, 0.1) is 19.1 Å². The van der Waals surface area contributed by atoms with Gasteiger partial charge in [-0.15, -0.1) is 0 Å². The Morgan fingerprint density at radius 3 is 2.18 bits per heavy atom. The van der Waals surface area contributed by atoms with Crippen LogP contribution in [0.15, 0.2) is 12.1 Å². The molecule has 28 heavy (non-hydrogen) atoms. The van der Waals surface area contributed by atoms with E-state index >= 15 is 0 Å². The number of ether oxygens (including phenoxy) is 1. The molecular weight excluding hydrogens is 399 g/mol. The zero-order valence-electron chi connectivity index (χ0n) is 16.9. The van der Waals surface area contributed by atoms with Gasteiger partial charge < -0.3 is 15.3 Å². The molecule has 0 aliphatic rings. The number of benzene rings is 1. The minimum absolute atomic E-state index is 0.151. The normalized spacial score (nSPS) is 10.8. The second-order valence-corrected chi connectivity index (χ2v) is 7.41. The number of aryl methyl sites for hydroxylation is 2. The van der Waals surface area contributed by atoms with Crippen LogP contribution >= 0.6 is 23.2 Å². The zero-order valence-corrected chi connectivity index (χ0v) is 18.4. The molecule has 1 aromatic heterocycles. The van der Waals surface area contributed by atoms with Crippen molar-refractivity contribution in [3.8, 4) is 5.75 Å². The Morgan fingerprint density at radius 2 is 1.68 bits per heavy atom. The van der Waals surface area contributed by atoms with Crippen LogP contribution in [0.25, 0.3) is 0 Å². The van der Waals surface area contributed by atoms with Crippen LogP contribution in [0.2, 0.25) is 10.0 Å². The monoisotopic (exact) mass is 424 g/mol. The molecule has 0 atom stereocenters. The Balaban J connectivity index is 2.59. The average molecular weight is 425 g/mol. The maximum atomic E-state index is 13.2. The van der Waals surface area contributed by atoms with Gasteiger partial charge in [0.15, 0.2) is 16.3 Å². The van der Waals surface area contributed by atoms with Crippen LogP contribution in [0.3, 0.4) is 0 Å². The number of carbonyl (C=O) groups excluding carboxylic acids is 1. The Bertz CT molecular complexity index is 873. The predicted octanol–water partition coefficient (Wildman–Crippen LogP) is 5.41. The first-order valence-electron chi connectivity index (χ1n) is 9.44. The lowest BCUT2D eigenvalue weighted by Crippen LogP contribution is -2.37. The van der Waals surface area contributed by atoms with Gasteiger partial charge in [-0.05, 0) is 42.5 Å². The third-order valence-corrected chi connectivity index (χ3v) is 5.32. The van der Waals surface area contributed by atoms with Crippen molar-refractivity contribution < 1.29 is 14.3 Å². The number of anilines is 1. The van der Waals surface area contributed by atoms with Crippen molar-refractivity contribution in [2.24, 2.45) is 0 Å². The molecule has 152 valence electrons. The lowest BCUT2D eigenvalue weighted by molar-refractivity contribution is -0.619. The van der Waals surface area contributed by atoms with Crippen molar-refractivity contribution in [2.45, 2.75) is 53.9 Å². The van der Waals surface area contributed by atoms with Crippen molar-refractivity contribution in [3.05, 3.63) is 55.5 Å². The largest absolute Gasteiger partial charge is 0.618 e. The van der Waals surface area contributed by atoms with Crippen LogP contribution in [0.1, 0.15) is 60.1 Å². The van der Waals surface area contributed by atoms with Gasteiger partial charge in [0.25, 0.3) is 5.91 Å². The number of carbonyl (C=O) groups is 1. The van der Waals surface area contributed by atoms with Crippen LogP contribution < -0.4 is 14.8 Å². The molecule has 2 aromatic rings. The van der Waals surface area contributed by atoms with E-state index in [1.807, 2.05) is 32.9 Å². The van der Waals surface area contributed by atoms with E-state index in [1.54, 1.807) is 13.8 Å². The second-order valence-electron chi connectivity index (χ2n) is 6.59. The summed E-state index contributed by atoms with van der Waals surface area (Å²) in [7, 11) is 0. The molecule has 1 N–H and O–H groups in total. The van der Waals surface area contributed by atoms with Gasteiger partial charge in [0.1, 0.15) is 0 Å². The molecule has 0 unspecified atom stereocenters. The summed E-state index contributed by atoms with van der Waals surface area (Å²) in [5.41, 5.74) is 3.28. The first-order valence-corrected chi connectivity index (χ1v) is 10.2. The number of rotatable bonds is 7. The van der Waals surface area contributed by atoms with Gasteiger partial charge in [0.2, 0.25) is 11.4 Å². The van der Waals surface area contributed by atoms with E-state index in [4.69, 9.17) is 27.9 Å². The van der Waals surface area contributed by atoms with Crippen molar-refractivity contribution in [1.82, 2.24) is 0 Å². The molecule has 0 bridgehead atoms. The molecule has 0 aliphatic heterocycles. The average Bonchev–Trinajstić information content (AvgIpc) is 2.68. The van der Waals surface area contributed by atoms with Crippen LogP contribution in [-0.4, -0.2) is 12.5 Å². The molecule has 1 amide bonds. The summed E-state index contributed by atoms with van der Waals surface area (Å²) in [5, 5.41) is 16.2. The minimum atomic E-state index is -0.429. The number of hydrogen-bond acceptors (Lipinski definition) is 3. The topological polar surface area (TPSA) is 65.3 Å². The number of nitrogens with one attached hydrogen (secondary N) is 1. The summed E-state index contributed by atoms with van der Waals surface area (Å²) in [6.07, 6.45) is 2.16. The van der Waals surface area contributed by atoms with Gasteiger partial charge >= 0.3 is 0 Å². The van der Waals surface area contributed by atoms with E-state index in [0.29, 0.717) is 34.9 Å². The van der Waals surface area contributed by atoms with Crippen molar-refractivity contribution in [1.29, 1.82) is 0 Å². The molecule has 0 saturated carbocycles. The van der Waals surface area contributed by atoms with E-state index < -0.39 is 5.91 Å². The number of aromatic nitrogens is 1. The highest BCUT2D eigenvalue weighted by molar-refractivity contribution is 6.33. The van der Waals surface area contributed by atoms with Crippen molar-refractivity contribution in [3.63, 3.8) is 0 Å². The summed E-state index contributed by atoms with van der Waals surface area (Å²) in [6, 6.07) is 3.68. The van der Waals surface area contributed by atoms with Gasteiger partial charge in [-0.25, -0.2) is 0 Å². The highest BCUT2D eigenvalue weighted by atomic mass is 35.5. The molecule has 5 nitrogen and oxygen atoms in total. The van der Waals surface area contributed by atoms with Gasteiger partial charge in [-0.2, -0.15) is 4.73 Å². The Hall–Kier alpha value is -1.98. The SMILES string of the molecule is CCCOc1c(Cl)c(C)[n+]([O-])c(C)c1C(=O)Nc1c(CC)cc(Cl)cc1CC. The van der Waals surface area contributed by atoms with Crippen molar-refractivity contribution in [2.75, 3.05) is 11.9 Å². The Labute approximate surface area is 176 Å². The first-order chi connectivity index (χ1) is 13.3. The predicted molar refractivity (Wildman–Crippen MR) is 114 cm³/mol. The van der Waals surface area contributed by atoms with Gasteiger partial charge in [0, 0.05) is 24.6 Å². The number of hydrogen-bond donors (Lipinski definition) is 1. The van der Waals surface area contributed by atoms with Crippen molar-refractivity contribution >= 4 is 34.8 Å². The minimum Gasteiger partial charge on any atom is -0.618 e. The molecule has 1 heterocycles. The Morgan fingerprint density at radius 1 is 1.11 bits per heavy atom. The fourth-order valence-corrected chi connectivity index (χ4v) is 3.60. The summed E-state index contributed by atoms with van der Waals surface area (Å²) < 4.78 is 6.42. The van der Waals surface area contributed by atoms with Gasteiger partial charge in [-0.3, -0.25) is 4.79 Å². The smallest absolute Gasteiger partial charge is 0.265 e. The van der Waals surface area contributed by atoms with E-state index in [9.17, 15) is 10.0 Å². The van der Waals surface area contributed by atoms with E-state index in [2.05, 4.69) is 5.32 Å². The summed E-state index contributed by atoms with van der Waals surface area (Å²) >= 11 is 12.6. The number of halogens is 2. The molecule has 7 heteroatoms. The lowest BCUT2D eigenvalue weighted by atomic mass is 10.0. The van der Waals surface area contributed by atoms with Gasteiger partial charge in [-0.1, -0.05) is 44.0 Å².